The fourth-order valence-corrected chi connectivity index (χ4v) is 3.85. The average Bonchev–Trinajstić information content (AvgIpc) is 2.42. The van der Waals surface area contributed by atoms with Crippen LogP contribution in [0.25, 0.3) is 11.1 Å². The van der Waals surface area contributed by atoms with E-state index in [1.165, 1.54) is 12.1 Å². The minimum absolute atomic E-state index is 0.0987. The second kappa shape index (κ2) is 5.75. The van der Waals surface area contributed by atoms with Crippen LogP contribution in [0, 0.1) is 0 Å². The molecule has 20 heavy (non-hydrogen) atoms. The van der Waals surface area contributed by atoms with Crippen LogP contribution in [0.1, 0.15) is 0 Å². The minimum Gasteiger partial charge on any atom is -0.506 e. The van der Waals surface area contributed by atoms with Crippen molar-refractivity contribution in [1.29, 1.82) is 0 Å². The summed E-state index contributed by atoms with van der Waals surface area (Å²) >= 11 is 12.5. The highest BCUT2D eigenvalue weighted by molar-refractivity contribution is 9.11. The van der Waals surface area contributed by atoms with Crippen molar-refractivity contribution in [1.82, 2.24) is 0 Å². The van der Waals surface area contributed by atoms with Crippen molar-refractivity contribution < 1.29 is 20.4 Å². The largest absolute Gasteiger partial charge is 0.506 e. The maximum absolute atomic E-state index is 10.1. The Morgan fingerprint density at radius 2 is 0.850 bits per heavy atom. The van der Waals surface area contributed by atoms with E-state index in [2.05, 4.69) is 63.7 Å². The third-order valence-electron chi connectivity index (χ3n) is 2.63. The van der Waals surface area contributed by atoms with Gasteiger partial charge in [0.25, 0.3) is 0 Å². The molecule has 0 radical (unpaired) electrons. The number of aromatic hydroxyl groups is 4. The summed E-state index contributed by atoms with van der Waals surface area (Å²) in [6.07, 6.45) is 0. The van der Waals surface area contributed by atoms with E-state index in [1.54, 1.807) is 0 Å². The standard InChI is InChI=1S/C12H6Br4O4/c13-5-1-3(9(17)7(15)11(5)19)4-2-6(14)12(20)8(16)10(4)18/h1-2,17-20H. The third kappa shape index (κ3) is 2.54. The van der Waals surface area contributed by atoms with E-state index in [9.17, 15) is 20.4 Å². The Balaban J connectivity index is 2.83. The zero-order valence-corrected chi connectivity index (χ0v) is 15.8. The van der Waals surface area contributed by atoms with E-state index < -0.39 is 0 Å². The molecule has 0 fully saturated rings. The molecule has 0 aromatic heterocycles. The molecule has 4 nitrogen and oxygen atoms in total. The summed E-state index contributed by atoms with van der Waals surface area (Å²) in [5, 5.41) is 39.6. The summed E-state index contributed by atoms with van der Waals surface area (Å²) in [6.45, 7) is 0. The normalized spacial score (nSPS) is 10.8. The van der Waals surface area contributed by atoms with Crippen molar-refractivity contribution >= 4 is 63.7 Å². The van der Waals surface area contributed by atoms with Gasteiger partial charge in [0.15, 0.2) is 0 Å². The number of benzene rings is 2. The first-order chi connectivity index (χ1) is 9.25. The van der Waals surface area contributed by atoms with Gasteiger partial charge in [0.05, 0.1) is 8.95 Å². The van der Waals surface area contributed by atoms with Crippen LogP contribution in [0.4, 0.5) is 0 Å². The van der Waals surface area contributed by atoms with Crippen LogP contribution in [-0.2, 0) is 0 Å². The number of hydrogen-bond acceptors (Lipinski definition) is 4. The Morgan fingerprint density at radius 1 is 0.550 bits per heavy atom. The number of hydrogen-bond donors (Lipinski definition) is 4. The van der Waals surface area contributed by atoms with E-state index in [-0.39, 0.29) is 43.1 Å². The van der Waals surface area contributed by atoms with Gasteiger partial charge in [-0.05, 0) is 75.9 Å². The monoisotopic (exact) mass is 530 g/mol. The van der Waals surface area contributed by atoms with Crippen LogP contribution in [0.15, 0.2) is 30.0 Å². The molecule has 0 amide bonds. The lowest BCUT2D eigenvalue weighted by molar-refractivity contribution is 0.437. The Labute approximate surface area is 147 Å². The molecule has 2 aromatic rings. The molecule has 4 N–H and O–H groups in total. The van der Waals surface area contributed by atoms with Gasteiger partial charge >= 0.3 is 0 Å². The van der Waals surface area contributed by atoms with Gasteiger partial charge in [-0.15, -0.1) is 0 Å². The second-order valence-corrected chi connectivity index (χ2v) is 7.13. The molecule has 0 spiro atoms. The molecule has 0 aliphatic rings. The summed E-state index contributed by atoms with van der Waals surface area (Å²) in [5.41, 5.74) is 0.556. The van der Waals surface area contributed by atoms with E-state index >= 15 is 0 Å². The molecule has 0 aliphatic heterocycles. The third-order valence-corrected chi connectivity index (χ3v) is 5.34. The van der Waals surface area contributed by atoms with Crippen molar-refractivity contribution in [3.05, 3.63) is 30.0 Å². The molecule has 0 atom stereocenters. The van der Waals surface area contributed by atoms with Gasteiger partial charge in [-0.1, -0.05) is 0 Å². The van der Waals surface area contributed by atoms with E-state index in [4.69, 9.17) is 0 Å². The molecular formula is C12H6Br4O4. The topological polar surface area (TPSA) is 80.9 Å². The summed E-state index contributed by atoms with van der Waals surface area (Å²) in [7, 11) is 0. The van der Waals surface area contributed by atoms with Crippen molar-refractivity contribution in [2.45, 2.75) is 0 Å². The van der Waals surface area contributed by atoms with Crippen LogP contribution in [0.3, 0.4) is 0 Å². The summed E-state index contributed by atoms with van der Waals surface area (Å²) < 4.78 is 0.886. The zero-order chi connectivity index (χ0) is 15.2. The van der Waals surface area contributed by atoms with Crippen LogP contribution in [-0.4, -0.2) is 20.4 Å². The van der Waals surface area contributed by atoms with Crippen molar-refractivity contribution in [2.24, 2.45) is 0 Å². The first-order valence-electron chi connectivity index (χ1n) is 5.06. The van der Waals surface area contributed by atoms with Crippen molar-refractivity contribution in [3.63, 3.8) is 0 Å². The molecular weight excluding hydrogens is 528 g/mol. The van der Waals surface area contributed by atoms with Crippen LogP contribution in [0.5, 0.6) is 23.0 Å². The van der Waals surface area contributed by atoms with Gasteiger partial charge in [-0.3, -0.25) is 0 Å². The maximum atomic E-state index is 10.1. The smallest absolute Gasteiger partial charge is 0.147 e. The molecule has 0 saturated heterocycles. The van der Waals surface area contributed by atoms with Gasteiger partial charge in [-0.2, -0.15) is 0 Å². The second-order valence-electron chi connectivity index (χ2n) is 3.83. The molecule has 0 bridgehead atoms. The zero-order valence-electron chi connectivity index (χ0n) is 9.46. The fourth-order valence-electron chi connectivity index (χ4n) is 1.61. The predicted molar refractivity (Wildman–Crippen MR) is 89.3 cm³/mol. The van der Waals surface area contributed by atoms with Crippen LogP contribution in [0.2, 0.25) is 0 Å². The average molecular weight is 534 g/mol. The first kappa shape index (κ1) is 15.9. The molecule has 0 aliphatic carbocycles. The summed E-state index contributed by atoms with van der Waals surface area (Å²) in [6, 6.07) is 2.92. The van der Waals surface area contributed by atoms with Gasteiger partial charge < -0.3 is 20.4 Å². The lowest BCUT2D eigenvalue weighted by atomic mass is 10.0. The Bertz CT molecular complexity index is 654. The summed E-state index contributed by atoms with van der Waals surface area (Å²) in [5.74, 6) is -0.763. The Kier molecular flexibility index (Phi) is 4.58. The lowest BCUT2D eigenvalue weighted by Crippen LogP contribution is -1.86. The van der Waals surface area contributed by atoms with E-state index in [1.807, 2.05) is 0 Å². The highest BCUT2D eigenvalue weighted by Crippen LogP contribution is 2.51. The quantitative estimate of drug-likeness (QED) is 0.405. The lowest BCUT2D eigenvalue weighted by Gasteiger charge is -2.13. The number of rotatable bonds is 1. The van der Waals surface area contributed by atoms with Crippen molar-refractivity contribution in [3.8, 4) is 34.1 Å². The predicted octanol–water partition coefficient (Wildman–Crippen LogP) is 5.23. The van der Waals surface area contributed by atoms with Crippen molar-refractivity contribution in [2.75, 3.05) is 0 Å². The number of halogens is 4. The molecule has 2 rings (SSSR count). The highest BCUT2D eigenvalue weighted by Gasteiger charge is 2.21. The fraction of sp³-hybridized carbons (Fsp3) is 0. The number of phenolic OH excluding ortho intramolecular Hbond substituents is 4. The molecule has 2 aromatic carbocycles. The highest BCUT2D eigenvalue weighted by atomic mass is 79.9. The van der Waals surface area contributed by atoms with E-state index in [0.717, 1.165) is 0 Å². The SMILES string of the molecule is Oc1c(Br)cc(-c2cc(Br)c(O)c(Br)c2O)c(O)c1Br. The minimum atomic E-state index is -0.231. The molecule has 0 saturated carbocycles. The van der Waals surface area contributed by atoms with Gasteiger partial charge in [0.1, 0.15) is 31.9 Å². The van der Waals surface area contributed by atoms with Crippen LogP contribution >= 0.6 is 63.7 Å². The number of phenols is 4. The van der Waals surface area contributed by atoms with Crippen LogP contribution < -0.4 is 0 Å². The molecule has 0 heterocycles. The Morgan fingerprint density at radius 3 is 1.15 bits per heavy atom. The van der Waals surface area contributed by atoms with Gasteiger partial charge in [0.2, 0.25) is 0 Å². The first-order valence-corrected chi connectivity index (χ1v) is 8.23. The van der Waals surface area contributed by atoms with Gasteiger partial charge in [-0.25, -0.2) is 0 Å². The Hall–Kier alpha value is -0.440. The molecule has 8 heteroatoms. The van der Waals surface area contributed by atoms with E-state index in [0.29, 0.717) is 8.95 Å². The maximum Gasteiger partial charge on any atom is 0.147 e. The molecule has 106 valence electrons. The molecule has 0 unspecified atom stereocenters. The summed E-state index contributed by atoms with van der Waals surface area (Å²) in [4.78, 5) is 0. The van der Waals surface area contributed by atoms with Gasteiger partial charge in [0, 0.05) is 11.1 Å².